The molecule has 0 amide bonds. The second-order valence-electron chi connectivity index (χ2n) is 3.19. The van der Waals surface area contributed by atoms with Crippen molar-refractivity contribution in [2.45, 2.75) is 13.0 Å². The molecule has 0 fully saturated rings. The molecular weight excluding hydrogens is 176 g/mol. The van der Waals surface area contributed by atoms with Crippen molar-refractivity contribution in [2.24, 2.45) is 0 Å². The Hall–Kier alpha value is -1.61. The maximum absolute atomic E-state index is 8.96. The zero-order valence-corrected chi connectivity index (χ0v) is 7.77. The molecule has 2 aromatic rings. The van der Waals surface area contributed by atoms with Crippen molar-refractivity contribution in [3.63, 3.8) is 0 Å². The Balaban J connectivity index is 2.17. The maximum atomic E-state index is 8.96. The topological polar surface area (TPSA) is 48.9 Å². The van der Waals surface area contributed by atoms with Crippen LogP contribution in [0, 0.1) is 0 Å². The molecule has 3 heteroatoms. The normalized spacial score (nSPS) is 10.4. The molecule has 0 saturated carbocycles. The molecule has 3 nitrogen and oxygen atoms in total. The summed E-state index contributed by atoms with van der Waals surface area (Å²) in [6, 6.07) is 7.87. The minimum Gasteiger partial charge on any atom is -0.392 e. The summed E-state index contributed by atoms with van der Waals surface area (Å²) in [5.41, 5.74) is 2.10. The van der Waals surface area contributed by atoms with Crippen LogP contribution in [-0.4, -0.2) is 15.1 Å². The number of aromatic amines is 1. The third-order valence-electron chi connectivity index (χ3n) is 2.10. The van der Waals surface area contributed by atoms with E-state index in [1.54, 1.807) is 6.20 Å². The van der Waals surface area contributed by atoms with Crippen molar-refractivity contribution in [2.75, 3.05) is 0 Å². The molecule has 2 N–H and O–H groups in total. The van der Waals surface area contributed by atoms with Crippen LogP contribution >= 0.6 is 0 Å². The Morgan fingerprint density at radius 1 is 1.29 bits per heavy atom. The number of imidazole rings is 1. The van der Waals surface area contributed by atoms with Crippen molar-refractivity contribution >= 4 is 0 Å². The van der Waals surface area contributed by atoms with Gasteiger partial charge in [0.25, 0.3) is 0 Å². The second-order valence-corrected chi connectivity index (χ2v) is 3.19. The standard InChI is InChI=1S/C11H12N2O/c14-8-10-3-1-2-9(6-10)7-11-12-4-5-13-11/h1-6,14H,7-8H2,(H,12,13). The van der Waals surface area contributed by atoms with Crippen molar-refractivity contribution in [1.82, 2.24) is 9.97 Å². The summed E-state index contributed by atoms with van der Waals surface area (Å²) < 4.78 is 0. The smallest absolute Gasteiger partial charge is 0.110 e. The van der Waals surface area contributed by atoms with E-state index in [2.05, 4.69) is 9.97 Å². The van der Waals surface area contributed by atoms with Crippen molar-refractivity contribution in [3.8, 4) is 0 Å². The second kappa shape index (κ2) is 4.07. The number of aromatic nitrogens is 2. The first kappa shape index (κ1) is 8.97. The summed E-state index contributed by atoms with van der Waals surface area (Å²) in [4.78, 5) is 7.20. The highest BCUT2D eigenvalue weighted by Crippen LogP contribution is 2.08. The van der Waals surface area contributed by atoms with Crippen LogP contribution in [-0.2, 0) is 13.0 Å². The quantitative estimate of drug-likeness (QED) is 0.766. The van der Waals surface area contributed by atoms with E-state index < -0.39 is 0 Å². The lowest BCUT2D eigenvalue weighted by Crippen LogP contribution is -1.92. The first-order chi connectivity index (χ1) is 6.88. The van der Waals surface area contributed by atoms with Crippen LogP contribution in [0.1, 0.15) is 17.0 Å². The lowest BCUT2D eigenvalue weighted by atomic mass is 10.1. The van der Waals surface area contributed by atoms with E-state index in [0.717, 1.165) is 23.4 Å². The summed E-state index contributed by atoms with van der Waals surface area (Å²) >= 11 is 0. The number of hydrogen-bond donors (Lipinski definition) is 2. The van der Waals surface area contributed by atoms with Gasteiger partial charge in [0.15, 0.2) is 0 Å². The Morgan fingerprint density at radius 3 is 2.86 bits per heavy atom. The molecule has 0 aliphatic carbocycles. The number of nitrogens with zero attached hydrogens (tertiary/aromatic N) is 1. The molecule has 0 bridgehead atoms. The molecule has 1 aromatic heterocycles. The van der Waals surface area contributed by atoms with Gasteiger partial charge in [-0.2, -0.15) is 0 Å². The zero-order valence-electron chi connectivity index (χ0n) is 7.77. The largest absolute Gasteiger partial charge is 0.392 e. The first-order valence-corrected chi connectivity index (χ1v) is 4.55. The fraction of sp³-hybridized carbons (Fsp3) is 0.182. The van der Waals surface area contributed by atoms with Crippen LogP contribution in [0.5, 0.6) is 0 Å². The van der Waals surface area contributed by atoms with Gasteiger partial charge >= 0.3 is 0 Å². The van der Waals surface area contributed by atoms with Crippen LogP contribution < -0.4 is 0 Å². The SMILES string of the molecule is OCc1cccc(Cc2ncc[nH]2)c1. The molecule has 14 heavy (non-hydrogen) atoms. The summed E-state index contributed by atoms with van der Waals surface area (Å²) in [6.07, 6.45) is 4.33. The molecule has 0 atom stereocenters. The van der Waals surface area contributed by atoms with Gasteiger partial charge < -0.3 is 10.1 Å². The molecule has 0 aliphatic rings. The summed E-state index contributed by atoms with van der Waals surface area (Å²) in [5, 5.41) is 8.96. The number of nitrogens with one attached hydrogen (secondary N) is 1. The number of H-pyrrole nitrogens is 1. The van der Waals surface area contributed by atoms with Crippen LogP contribution in [0.2, 0.25) is 0 Å². The van der Waals surface area contributed by atoms with E-state index in [-0.39, 0.29) is 6.61 Å². The zero-order chi connectivity index (χ0) is 9.80. The van der Waals surface area contributed by atoms with Crippen LogP contribution in [0.4, 0.5) is 0 Å². The van der Waals surface area contributed by atoms with E-state index >= 15 is 0 Å². The molecule has 0 unspecified atom stereocenters. The average molecular weight is 188 g/mol. The molecule has 1 heterocycles. The highest BCUT2D eigenvalue weighted by Gasteiger charge is 1.98. The van der Waals surface area contributed by atoms with E-state index in [1.807, 2.05) is 30.5 Å². The van der Waals surface area contributed by atoms with E-state index in [4.69, 9.17) is 5.11 Å². The van der Waals surface area contributed by atoms with Crippen LogP contribution in [0.25, 0.3) is 0 Å². The number of rotatable bonds is 3. The molecular formula is C11H12N2O. The van der Waals surface area contributed by atoms with Gasteiger partial charge in [-0.25, -0.2) is 4.98 Å². The molecule has 0 aliphatic heterocycles. The van der Waals surface area contributed by atoms with Gasteiger partial charge in [-0.3, -0.25) is 0 Å². The number of benzene rings is 1. The van der Waals surface area contributed by atoms with Crippen LogP contribution in [0.3, 0.4) is 0 Å². The summed E-state index contributed by atoms with van der Waals surface area (Å²) in [6.45, 7) is 0.0893. The van der Waals surface area contributed by atoms with Gasteiger partial charge in [-0.1, -0.05) is 24.3 Å². The molecule has 2 rings (SSSR count). The van der Waals surface area contributed by atoms with Crippen molar-refractivity contribution < 1.29 is 5.11 Å². The summed E-state index contributed by atoms with van der Waals surface area (Å²) in [7, 11) is 0. The fourth-order valence-corrected chi connectivity index (χ4v) is 1.43. The summed E-state index contributed by atoms with van der Waals surface area (Å²) in [5.74, 6) is 0.945. The third-order valence-corrected chi connectivity index (χ3v) is 2.10. The van der Waals surface area contributed by atoms with E-state index in [9.17, 15) is 0 Å². The monoisotopic (exact) mass is 188 g/mol. The predicted molar refractivity (Wildman–Crippen MR) is 53.8 cm³/mol. The Kier molecular flexibility index (Phi) is 2.60. The number of aliphatic hydroxyl groups is 1. The highest BCUT2D eigenvalue weighted by molar-refractivity contribution is 5.25. The van der Waals surface area contributed by atoms with Gasteiger partial charge in [0, 0.05) is 18.8 Å². The highest BCUT2D eigenvalue weighted by atomic mass is 16.3. The van der Waals surface area contributed by atoms with E-state index in [1.165, 1.54) is 0 Å². The van der Waals surface area contributed by atoms with Gasteiger partial charge in [0.2, 0.25) is 0 Å². The number of hydrogen-bond acceptors (Lipinski definition) is 2. The molecule has 0 spiro atoms. The van der Waals surface area contributed by atoms with Crippen molar-refractivity contribution in [3.05, 3.63) is 53.6 Å². The third kappa shape index (κ3) is 2.00. The molecule has 0 radical (unpaired) electrons. The number of aliphatic hydroxyl groups excluding tert-OH is 1. The van der Waals surface area contributed by atoms with Gasteiger partial charge in [0.1, 0.15) is 5.82 Å². The fourth-order valence-electron chi connectivity index (χ4n) is 1.43. The Morgan fingerprint density at radius 2 is 2.14 bits per heavy atom. The lowest BCUT2D eigenvalue weighted by Gasteiger charge is -2.00. The molecule has 0 saturated heterocycles. The molecule has 72 valence electrons. The van der Waals surface area contributed by atoms with E-state index in [0.29, 0.717) is 0 Å². The maximum Gasteiger partial charge on any atom is 0.110 e. The van der Waals surface area contributed by atoms with Gasteiger partial charge in [0.05, 0.1) is 6.61 Å². The van der Waals surface area contributed by atoms with Crippen molar-refractivity contribution in [1.29, 1.82) is 0 Å². The van der Waals surface area contributed by atoms with Crippen LogP contribution in [0.15, 0.2) is 36.7 Å². The predicted octanol–water partition coefficient (Wildman–Crippen LogP) is 1.49. The molecule has 1 aromatic carbocycles. The first-order valence-electron chi connectivity index (χ1n) is 4.55. The minimum atomic E-state index is 0.0893. The van der Waals surface area contributed by atoms with Gasteiger partial charge in [-0.15, -0.1) is 0 Å². The van der Waals surface area contributed by atoms with Gasteiger partial charge in [-0.05, 0) is 11.1 Å². The lowest BCUT2D eigenvalue weighted by molar-refractivity contribution is 0.281. The Bertz CT molecular complexity index is 395. The Labute approximate surface area is 82.4 Å². The average Bonchev–Trinajstić information content (AvgIpc) is 2.71. The minimum absolute atomic E-state index is 0.0893.